The number of amides is 1. The Bertz CT molecular complexity index is 977. The molecule has 182 valence electrons. The third-order valence-corrected chi connectivity index (χ3v) is 8.88. The fraction of sp³-hybridized carbons (Fsp3) is 0.727. The highest BCUT2D eigenvalue weighted by Crippen LogP contribution is 2.40. The first kappa shape index (κ1) is 23.0. The molecule has 0 radical (unpaired) electrons. The fourth-order valence-electron chi connectivity index (χ4n) is 5.40. The van der Waals surface area contributed by atoms with Crippen LogP contribution >= 0.6 is 0 Å². The van der Waals surface area contributed by atoms with Crippen LogP contribution in [-0.4, -0.2) is 84.2 Å². The Balaban J connectivity index is 1.18. The van der Waals surface area contributed by atoms with Gasteiger partial charge in [-0.05, 0) is 44.9 Å². The van der Waals surface area contributed by atoms with E-state index in [1.54, 1.807) is 10.4 Å². The summed E-state index contributed by atoms with van der Waals surface area (Å²) in [5.74, 6) is 0.864. The molecule has 2 saturated heterocycles. The van der Waals surface area contributed by atoms with Gasteiger partial charge in [-0.15, -0.1) is 0 Å². The van der Waals surface area contributed by atoms with Crippen LogP contribution in [0.3, 0.4) is 0 Å². The lowest BCUT2D eigenvalue weighted by Crippen LogP contribution is -2.58. The quantitative estimate of drug-likeness (QED) is 0.469. The van der Waals surface area contributed by atoms with Gasteiger partial charge < -0.3 is 14.9 Å². The number of hydrogen-bond donors (Lipinski definition) is 3. The Morgan fingerprint density at radius 1 is 1.12 bits per heavy atom. The number of aliphatic hydroxyl groups is 1. The molecule has 10 nitrogen and oxygen atoms in total. The van der Waals surface area contributed by atoms with Crippen LogP contribution in [-0.2, 0) is 10.2 Å². The Morgan fingerprint density at radius 3 is 2.48 bits per heavy atom. The number of nitrogens with zero attached hydrogens (tertiary/aromatic N) is 3. The molecule has 0 spiro atoms. The van der Waals surface area contributed by atoms with Crippen molar-refractivity contribution in [3.8, 4) is 0 Å². The number of aromatic nitrogens is 1. The van der Waals surface area contributed by atoms with Gasteiger partial charge in [0.2, 0.25) is 0 Å². The van der Waals surface area contributed by atoms with Crippen LogP contribution in [0.15, 0.2) is 22.7 Å². The minimum Gasteiger partial charge on any atom is -0.395 e. The molecule has 3 N–H and O–H groups in total. The number of rotatable bonds is 8. The van der Waals surface area contributed by atoms with Gasteiger partial charge in [-0.3, -0.25) is 9.69 Å². The molecule has 3 heterocycles. The highest BCUT2D eigenvalue weighted by atomic mass is 32.2. The Labute approximate surface area is 194 Å². The van der Waals surface area contributed by atoms with Crippen molar-refractivity contribution in [2.24, 2.45) is 0 Å². The van der Waals surface area contributed by atoms with Gasteiger partial charge >= 0.3 is 0 Å². The number of carbonyl (C=O) groups is 1. The highest BCUT2D eigenvalue weighted by molar-refractivity contribution is 7.87. The molecule has 3 fully saturated rings. The lowest BCUT2D eigenvalue weighted by Gasteiger charge is -2.40. The van der Waals surface area contributed by atoms with E-state index in [1.165, 1.54) is 0 Å². The molecule has 11 heteroatoms. The van der Waals surface area contributed by atoms with Crippen molar-refractivity contribution in [3.05, 3.63) is 29.7 Å². The minimum atomic E-state index is -3.65. The van der Waals surface area contributed by atoms with Gasteiger partial charge in [0.25, 0.3) is 16.1 Å². The molecule has 1 aromatic heterocycles. The summed E-state index contributed by atoms with van der Waals surface area (Å²) in [6.45, 7) is 1.59. The second-order valence-electron chi connectivity index (χ2n) is 9.72. The summed E-state index contributed by atoms with van der Waals surface area (Å²) in [6.07, 6.45) is 9.76. The van der Waals surface area contributed by atoms with Crippen LogP contribution in [0, 0.1) is 0 Å². The predicted octanol–water partition coefficient (Wildman–Crippen LogP) is 0.734. The molecule has 1 aromatic rings. The molecule has 33 heavy (non-hydrogen) atoms. The summed E-state index contributed by atoms with van der Waals surface area (Å²) in [5, 5.41) is 16.2. The number of hydrogen-bond acceptors (Lipinski definition) is 7. The highest BCUT2D eigenvalue weighted by Gasteiger charge is 2.43. The van der Waals surface area contributed by atoms with Crippen molar-refractivity contribution < 1.29 is 22.8 Å². The van der Waals surface area contributed by atoms with E-state index >= 15 is 0 Å². The maximum Gasteiger partial charge on any atom is 0.279 e. The zero-order valence-electron chi connectivity index (χ0n) is 18.7. The summed E-state index contributed by atoms with van der Waals surface area (Å²) in [7, 11) is -3.65. The van der Waals surface area contributed by atoms with Crippen LogP contribution < -0.4 is 10.0 Å². The van der Waals surface area contributed by atoms with Gasteiger partial charge in [-0.2, -0.15) is 17.4 Å². The molecule has 1 saturated carbocycles. The SMILES string of the molecule is O=C(N[C@H]1CC=CC[C@H](NS(=O)(=O)N2CC3CCC(C2)N3CCO)C1)c1cc(C2CC2)on1. The van der Waals surface area contributed by atoms with E-state index < -0.39 is 10.2 Å². The lowest BCUT2D eigenvalue weighted by molar-refractivity contribution is 0.0874. The zero-order valence-corrected chi connectivity index (χ0v) is 19.5. The van der Waals surface area contributed by atoms with E-state index in [9.17, 15) is 18.3 Å². The maximum absolute atomic E-state index is 13.2. The predicted molar refractivity (Wildman–Crippen MR) is 121 cm³/mol. The van der Waals surface area contributed by atoms with Crippen molar-refractivity contribution in [1.82, 2.24) is 24.4 Å². The largest absolute Gasteiger partial charge is 0.395 e. The fourth-order valence-corrected chi connectivity index (χ4v) is 6.90. The first-order chi connectivity index (χ1) is 15.9. The average molecular weight is 480 g/mol. The van der Waals surface area contributed by atoms with E-state index in [0.29, 0.717) is 44.8 Å². The smallest absolute Gasteiger partial charge is 0.279 e. The van der Waals surface area contributed by atoms with Gasteiger partial charge in [0.15, 0.2) is 5.69 Å². The molecule has 2 aliphatic heterocycles. The molecular formula is C22H33N5O5S. The molecule has 1 amide bonds. The van der Waals surface area contributed by atoms with Crippen LogP contribution in [0.2, 0.25) is 0 Å². The average Bonchev–Trinajstić information content (AvgIpc) is 3.51. The van der Waals surface area contributed by atoms with E-state index in [-0.39, 0.29) is 42.4 Å². The van der Waals surface area contributed by atoms with Crippen molar-refractivity contribution in [1.29, 1.82) is 0 Å². The van der Waals surface area contributed by atoms with Crippen molar-refractivity contribution >= 4 is 16.1 Å². The summed E-state index contributed by atoms with van der Waals surface area (Å²) in [5.41, 5.74) is 0.276. The molecule has 2 bridgehead atoms. The van der Waals surface area contributed by atoms with Gasteiger partial charge in [0, 0.05) is 55.8 Å². The second-order valence-corrected chi connectivity index (χ2v) is 11.4. The summed E-state index contributed by atoms with van der Waals surface area (Å²) in [4.78, 5) is 14.9. The van der Waals surface area contributed by atoms with Crippen LogP contribution in [0.5, 0.6) is 0 Å². The monoisotopic (exact) mass is 479 g/mol. The molecule has 4 aliphatic rings. The van der Waals surface area contributed by atoms with Crippen molar-refractivity contribution in [3.63, 3.8) is 0 Å². The van der Waals surface area contributed by atoms with Crippen LogP contribution in [0.1, 0.15) is 67.1 Å². The number of aliphatic hydroxyl groups excluding tert-OH is 1. The first-order valence-electron chi connectivity index (χ1n) is 12.0. The van der Waals surface area contributed by atoms with Gasteiger partial charge in [-0.25, -0.2) is 0 Å². The Kier molecular flexibility index (Phi) is 6.58. The van der Waals surface area contributed by atoms with E-state index in [1.807, 2.05) is 12.2 Å². The summed E-state index contributed by atoms with van der Waals surface area (Å²) < 4.78 is 36.1. The lowest BCUT2D eigenvalue weighted by atomic mass is 10.1. The number of nitrogens with one attached hydrogen (secondary N) is 2. The molecule has 0 aromatic carbocycles. The third-order valence-electron chi connectivity index (χ3n) is 7.27. The number of carbonyl (C=O) groups excluding carboxylic acids is 1. The normalized spacial score (nSPS) is 30.9. The molecular weight excluding hydrogens is 446 g/mol. The third kappa shape index (κ3) is 5.17. The molecule has 2 aliphatic carbocycles. The topological polar surface area (TPSA) is 128 Å². The Morgan fingerprint density at radius 2 is 1.82 bits per heavy atom. The van der Waals surface area contributed by atoms with Crippen LogP contribution in [0.4, 0.5) is 0 Å². The standard InChI is InChI=1S/C22H33N5O5S/c28-10-9-27-18-7-8-19(27)14-26(13-18)33(30,31)25-17-4-2-1-3-16(11-17)23-22(29)20-12-21(32-24-20)15-5-6-15/h1-2,12,15-19,25,28H,3-11,13-14H2,(H,23,29)/t16-,17-,18?,19?/m0/s1. The van der Waals surface area contributed by atoms with Gasteiger partial charge in [0.1, 0.15) is 5.76 Å². The van der Waals surface area contributed by atoms with E-state index in [2.05, 4.69) is 20.1 Å². The second kappa shape index (κ2) is 9.46. The Hall–Kier alpha value is -1.79. The minimum absolute atomic E-state index is 0.0930. The molecule has 5 rings (SSSR count). The first-order valence-corrected chi connectivity index (χ1v) is 13.4. The van der Waals surface area contributed by atoms with Crippen molar-refractivity contribution in [2.45, 2.75) is 75.0 Å². The van der Waals surface area contributed by atoms with Crippen molar-refractivity contribution in [2.75, 3.05) is 26.2 Å². The summed E-state index contributed by atoms with van der Waals surface area (Å²) in [6, 6.07) is 1.55. The molecule has 2 unspecified atom stereocenters. The van der Waals surface area contributed by atoms with Gasteiger partial charge in [0.05, 0.1) is 6.61 Å². The zero-order chi connectivity index (χ0) is 23.0. The van der Waals surface area contributed by atoms with E-state index in [0.717, 1.165) is 31.4 Å². The number of piperazine rings is 1. The van der Waals surface area contributed by atoms with E-state index in [4.69, 9.17) is 4.52 Å². The summed E-state index contributed by atoms with van der Waals surface area (Å²) >= 11 is 0. The maximum atomic E-state index is 13.2. The molecule has 4 atom stereocenters. The van der Waals surface area contributed by atoms with Gasteiger partial charge in [-0.1, -0.05) is 17.3 Å². The number of fused-ring (bicyclic) bond motifs is 2. The van der Waals surface area contributed by atoms with Crippen LogP contribution in [0.25, 0.3) is 0 Å².